The van der Waals surface area contributed by atoms with Crippen molar-refractivity contribution in [2.75, 3.05) is 32.1 Å². The molecule has 1 N–H and O–H groups in total. The number of nitrogens with one attached hydrogen (secondary N) is 1. The second-order valence-electron chi connectivity index (χ2n) is 5.58. The summed E-state index contributed by atoms with van der Waals surface area (Å²) in [6.07, 6.45) is 0.0415. The molecule has 0 aliphatic carbocycles. The van der Waals surface area contributed by atoms with Gasteiger partial charge in [0, 0.05) is 18.8 Å². The van der Waals surface area contributed by atoms with Crippen molar-refractivity contribution in [3.63, 3.8) is 0 Å². The Morgan fingerprint density at radius 2 is 2.29 bits per heavy atom. The monoisotopic (exact) mass is 332 g/mol. The minimum atomic E-state index is -0.158. The summed E-state index contributed by atoms with van der Waals surface area (Å²) in [7, 11) is 1.58. The second kappa shape index (κ2) is 6.83. The van der Waals surface area contributed by atoms with E-state index >= 15 is 0 Å². The molecule has 0 radical (unpaired) electrons. The number of aromatic nitrogens is 4. The highest BCUT2D eigenvalue weighted by Gasteiger charge is 2.21. The molecule has 1 saturated heterocycles. The van der Waals surface area contributed by atoms with E-state index in [4.69, 9.17) is 9.47 Å². The number of benzene rings is 1. The number of urea groups is 1. The molecule has 1 atom stereocenters. The van der Waals surface area contributed by atoms with Gasteiger partial charge in [-0.25, -0.2) is 4.79 Å². The first-order chi connectivity index (χ1) is 11.6. The van der Waals surface area contributed by atoms with Crippen molar-refractivity contribution in [2.24, 2.45) is 0 Å². The van der Waals surface area contributed by atoms with Crippen molar-refractivity contribution < 1.29 is 14.3 Å². The topological polar surface area (TPSA) is 94.4 Å². The maximum atomic E-state index is 12.4. The fraction of sp³-hybridized carbons (Fsp3) is 0.467. The van der Waals surface area contributed by atoms with Crippen molar-refractivity contribution in [1.29, 1.82) is 0 Å². The van der Waals surface area contributed by atoms with Gasteiger partial charge in [-0.3, -0.25) is 0 Å². The molecule has 2 amide bonds. The summed E-state index contributed by atoms with van der Waals surface area (Å²) in [5.74, 6) is 1.24. The van der Waals surface area contributed by atoms with Crippen LogP contribution in [0.4, 0.5) is 10.5 Å². The van der Waals surface area contributed by atoms with Crippen LogP contribution in [0.5, 0.6) is 5.75 Å². The van der Waals surface area contributed by atoms with Crippen LogP contribution in [0.3, 0.4) is 0 Å². The molecule has 0 spiro atoms. The average molecular weight is 332 g/mol. The molecule has 1 fully saturated rings. The van der Waals surface area contributed by atoms with Crippen molar-refractivity contribution in [3.8, 4) is 11.4 Å². The summed E-state index contributed by atoms with van der Waals surface area (Å²) in [5.41, 5.74) is 1.30. The fourth-order valence-electron chi connectivity index (χ4n) is 2.59. The second-order valence-corrected chi connectivity index (χ2v) is 5.58. The van der Waals surface area contributed by atoms with Gasteiger partial charge in [0.25, 0.3) is 0 Å². The molecule has 24 heavy (non-hydrogen) atoms. The predicted molar refractivity (Wildman–Crippen MR) is 86.4 cm³/mol. The Labute approximate surface area is 139 Å². The number of anilines is 1. The third-order valence-electron chi connectivity index (χ3n) is 3.81. The van der Waals surface area contributed by atoms with Crippen LogP contribution in [-0.4, -0.2) is 64.0 Å². The number of rotatable bonds is 3. The Morgan fingerprint density at radius 3 is 2.96 bits per heavy atom. The van der Waals surface area contributed by atoms with E-state index in [0.717, 1.165) is 0 Å². The lowest BCUT2D eigenvalue weighted by Gasteiger charge is -2.31. The van der Waals surface area contributed by atoms with Gasteiger partial charge >= 0.3 is 6.03 Å². The van der Waals surface area contributed by atoms with Gasteiger partial charge in [0.2, 0.25) is 0 Å². The van der Waals surface area contributed by atoms with Gasteiger partial charge in [-0.05, 0) is 42.5 Å². The van der Waals surface area contributed by atoms with Gasteiger partial charge in [-0.15, -0.1) is 5.10 Å². The van der Waals surface area contributed by atoms with Crippen LogP contribution >= 0.6 is 0 Å². The van der Waals surface area contributed by atoms with Crippen LogP contribution in [0.25, 0.3) is 5.69 Å². The molecule has 1 unspecified atom stereocenters. The zero-order valence-electron chi connectivity index (χ0n) is 13.9. The Hall–Kier alpha value is -2.68. The van der Waals surface area contributed by atoms with Gasteiger partial charge in [0.1, 0.15) is 11.4 Å². The molecule has 9 nitrogen and oxygen atoms in total. The third kappa shape index (κ3) is 3.30. The lowest BCUT2D eigenvalue weighted by atomic mass is 10.2. The number of amides is 2. The lowest BCUT2D eigenvalue weighted by Crippen LogP contribution is -2.46. The normalized spacial score (nSPS) is 17.6. The number of methoxy groups -OCH3 is 1. The lowest BCUT2D eigenvalue weighted by molar-refractivity contribution is -0.00138. The smallest absolute Gasteiger partial charge is 0.322 e. The van der Waals surface area contributed by atoms with E-state index in [0.29, 0.717) is 42.6 Å². The maximum absolute atomic E-state index is 12.4. The molecule has 0 bridgehead atoms. The zero-order chi connectivity index (χ0) is 17.1. The maximum Gasteiger partial charge on any atom is 0.322 e. The SMILES string of the molecule is COc1ccc(NC(=O)N2CCOC(C)C2)cc1-n1nnnc1C. The van der Waals surface area contributed by atoms with Crippen LogP contribution in [0.2, 0.25) is 0 Å². The number of aryl methyl sites for hydroxylation is 1. The number of nitrogens with zero attached hydrogens (tertiary/aromatic N) is 5. The first kappa shape index (κ1) is 16.2. The van der Waals surface area contributed by atoms with Crippen LogP contribution in [0.1, 0.15) is 12.7 Å². The first-order valence-corrected chi connectivity index (χ1v) is 7.69. The minimum Gasteiger partial charge on any atom is -0.494 e. The largest absolute Gasteiger partial charge is 0.494 e. The molecule has 2 aromatic rings. The van der Waals surface area contributed by atoms with Crippen molar-refractivity contribution in [2.45, 2.75) is 20.0 Å². The molecular weight excluding hydrogens is 312 g/mol. The highest BCUT2D eigenvalue weighted by atomic mass is 16.5. The summed E-state index contributed by atoms with van der Waals surface area (Å²) >= 11 is 0. The van der Waals surface area contributed by atoms with Crippen LogP contribution in [0.15, 0.2) is 18.2 Å². The van der Waals surface area contributed by atoms with Crippen LogP contribution in [0, 0.1) is 6.92 Å². The molecule has 1 aliphatic heterocycles. The molecule has 2 heterocycles. The summed E-state index contributed by atoms with van der Waals surface area (Å²) in [6.45, 7) is 5.43. The number of tetrazole rings is 1. The molecule has 1 aliphatic rings. The highest BCUT2D eigenvalue weighted by Crippen LogP contribution is 2.26. The molecule has 0 saturated carbocycles. The molecule has 1 aromatic carbocycles. The fourth-order valence-corrected chi connectivity index (χ4v) is 2.59. The molecular formula is C15H20N6O3. The predicted octanol–water partition coefficient (Wildman–Crippen LogP) is 1.23. The number of carbonyl (C=O) groups is 1. The molecule has 128 valence electrons. The average Bonchev–Trinajstić information content (AvgIpc) is 3.00. The van der Waals surface area contributed by atoms with E-state index in [1.54, 1.807) is 41.8 Å². The van der Waals surface area contributed by atoms with Gasteiger partial charge < -0.3 is 19.7 Å². The van der Waals surface area contributed by atoms with E-state index in [1.165, 1.54) is 0 Å². The van der Waals surface area contributed by atoms with Crippen LogP contribution in [-0.2, 0) is 4.74 Å². The number of hydrogen-bond donors (Lipinski definition) is 1. The van der Waals surface area contributed by atoms with E-state index in [1.807, 2.05) is 6.92 Å². The van der Waals surface area contributed by atoms with Gasteiger partial charge in [-0.2, -0.15) is 4.68 Å². The van der Waals surface area contributed by atoms with E-state index < -0.39 is 0 Å². The quantitative estimate of drug-likeness (QED) is 0.908. The number of ether oxygens (including phenoxy) is 2. The van der Waals surface area contributed by atoms with Gasteiger partial charge in [0.15, 0.2) is 5.82 Å². The zero-order valence-corrected chi connectivity index (χ0v) is 13.9. The number of carbonyl (C=O) groups excluding carboxylic acids is 1. The van der Waals surface area contributed by atoms with E-state index in [2.05, 4.69) is 20.8 Å². The summed E-state index contributed by atoms with van der Waals surface area (Å²) < 4.78 is 12.4. The highest BCUT2D eigenvalue weighted by molar-refractivity contribution is 5.90. The summed E-state index contributed by atoms with van der Waals surface area (Å²) in [4.78, 5) is 14.1. The van der Waals surface area contributed by atoms with Crippen LogP contribution < -0.4 is 10.1 Å². The summed E-state index contributed by atoms with van der Waals surface area (Å²) in [5, 5.41) is 14.4. The Kier molecular flexibility index (Phi) is 4.61. The Bertz CT molecular complexity index is 732. The van der Waals surface area contributed by atoms with Crippen molar-refractivity contribution in [1.82, 2.24) is 25.1 Å². The summed E-state index contributed by atoms with van der Waals surface area (Å²) in [6, 6.07) is 5.18. The van der Waals surface area contributed by atoms with Crippen molar-refractivity contribution >= 4 is 11.7 Å². The van der Waals surface area contributed by atoms with E-state index in [-0.39, 0.29) is 12.1 Å². The van der Waals surface area contributed by atoms with Gasteiger partial charge in [-0.1, -0.05) is 0 Å². The molecule has 1 aromatic heterocycles. The molecule has 9 heteroatoms. The Balaban J connectivity index is 1.82. The number of morpholine rings is 1. The minimum absolute atomic E-state index is 0.0415. The van der Waals surface area contributed by atoms with Crippen molar-refractivity contribution in [3.05, 3.63) is 24.0 Å². The number of hydrogen-bond acceptors (Lipinski definition) is 6. The molecule has 3 rings (SSSR count). The Morgan fingerprint density at radius 1 is 1.46 bits per heavy atom. The third-order valence-corrected chi connectivity index (χ3v) is 3.81. The van der Waals surface area contributed by atoms with E-state index in [9.17, 15) is 4.79 Å². The standard InChI is InChI=1S/C15H20N6O3/c1-10-9-20(6-7-24-10)15(22)16-12-4-5-14(23-3)13(8-12)21-11(2)17-18-19-21/h4-5,8,10H,6-7,9H2,1-3H3,(H,16,22). The van der Waals surface area contributed by atoms with Gasteiger partial charge in [0.05, 0.1) is 19.8 Å². The first-order valence-electron chi connectivity index (χ1n) is 7.69.